The number of methoxy groups -OCH3 is 1. The van der Waals surface area contributed by atoms with E-state index < -0.39 is 36.2 Å². The van der Waals surface area contributed by atoms with E-state index in [1.54, 1.807) is 68.0 Å². The van der Waals surface area contributed by atoms with Gasteiger partial charge in [-0.2, -0.15) is 0 Å². The first-order chi connectivity index (χ1) is 22.5. The number of hydrogen-bond acceptors (Lipinski definition) is 12. The second-order valence-corrected chi connectivity index (χ2v) is 12.0. The molecule has 2 aromatic rings. The van der Waals surface area contributed by atoms with Crippen molar-refractivity contribution in [1.29, 1.82) is 0 Å². The van der Waals surface area contributed by atoms with Gasteiger partial charge in [0.1, 0.15) is 47.4 Å². The molecule has 0 spiro atoms. The van der Waals surface area contributed by atoms with Crippen molar-refractivity contribution in [3.63, 3.8) is 0 Å². The van der Waals surface area contributed by atoms with E-state index >= 15 is 0 Å². The monoisotopic (exact) mass is 651 g/mol. The lowest BCUT2D eigenvalue weighted by Gasteiger charge is -2.23. The van der Waals surface area contributed by atoms with Crippen LogP contribution in [-0.2, 0) is 35.1 Å². The number of ether oxygens (including phenoxy) is 6. The second-order valence-electron chi connectivity index (χ2n) is 12.0. The van der Waals surface area contributed by atoms with Crippen LogP contribution in [0.5, 0.6) is 11.5 Å². The Balaban J connectivity index is 1.62. The molecule has 0 aliphatic carbocycles. The van der Waals surface area contributed by atoms with Crippen LogP contribution < -0.4 is 9.47 Å². The largest absolute Gasteiger partial charge is 0.492 e. The summed E-state index contributed by atoms with van der Waals surface area (Å²) < 4.78 is 36.9. The van der Waals surface area contributed by atoms with Gasteiger partial charge in [-0.15, -0.1) is 0 Å². The fraction of sp³-hybridized carbons (Fsp3) is 0.500. The average Bonchev–Trinajstić information content (AvgIpc) is 3.60. The van der Waals surface area contributed by atoms with Crippen LogP contribution in [0, 0.1) is 5.92 Å². The van der Waals surface area contributed by atoms with E-state index in [0.29, 0.717) is 36.6 Å². The third-order valence-electron chi connectivity index (χ3n) is 7.96. The highest BCUT2D eigenvalue weighted by Gasteiger charge is 2.43. The number of benzene rings is 1. The van der Waals surface area contributed by atoms with Gasteiger partial charge in [0, 0.05) is 44.6 Å². The number of imidazole rings is 1. The summed E-state index contributed by atoms with van der Waals surface area (Å²) >= 11 is 0. The summed E-state index contributed by atoms with van der Waals surface area (Å²) in [6, 6.07) is 3.32. The van der Waals surface area contributed by atoms with Gasteiger partial charge in [-0.25, -0.2) is 9.78 Å². The van der Waals surface area contributed by atoms with Gasteiger partial charge in [-0.1, -0.05) is 31.2 Å². The zero-order valence-corrected chi connectivity index (χ0v) is 27.6. The molecule has 5 atom stereocenters. The fourth-order valence-electron chi connectivity index (χ4n) is 5.41. The summed E-state index contributed by atoms with van der Waals surface area (Å²) in [7, 11) is 1.79. The molecule has 0 radical (unpaired) electrons. The molecule has 2 aliphatic heterocycles. The Morgan fingerprint density at radius 3 is 2.72 bits per heavy atom. The molecule has 1 fully saturated rings. The molecule has 4 rings (SSSR count). The summed E-state index contributed by atoms with van der Waals surface area (Å²) in [5.41, 5.74) is 0.692. The summed E-state index contributed by atoms with van der Waals surface area (Å²) in [5.74, 6) is -0.405. The topological polar surface area (TPSA) is 148 Å². The normalized spacial score (nSPS) is 25.4. The van der Waals surface area contributed by atoms with Crippen LogP contribution in [0.3, 0.4) is 0 Å². The maximum absolute atomic E-state index is 13.7. The van der Waals surface area contributed by atoms with Gasteiger partial charge in [-0.3, -0.25) is 0 Å². The van der Waals surface area contributed by atoms with E-state index in [-0.39, 0.29) is 45.5 Å². The highest BCUT2D eigenvalue weighted by atomic mass is 16.8. The molecule has 3 unspecified atom stereocenters. The van der Waals surface area contributed by atoms with Crippen molar-refractivity contribution in [2.45, 2.75) is 70.9 Å². The number of carbonyl (C=O) groups is 3. The molecular weight excluding hydrogens is 608 g/mol. The van der Waals surface area contributed by atoms with Crippen molar-refractivity contribution in [2.75, 3.05) is 27.1 Å². The number of aromatic nitrogens is 2. The third kappa shape index (κ3) is 9.88. The maximum atomic E-state index is 13.7. The molecule has 13 nitrogen and oxygen atoms in total. The molecule has 1 aromatic heterocycles. The summed E-state index contributed by atoms with van der Waals surface area (Å²) in [6.07, 6.45) is 9.88. The molecule has 0 amide bonds. The van der Waals surface area contributed by atoms with E-state index in [2.05, 4.69) is 4.98 Å². The third-order valence-corrected chi connectivity index (χ3v) is 7.96. The fourth-order valence-corrected chi connectivity index (χ4v) is 5.41. The zero-order valence-electron chi connectivity index (χ0n) is 27.6. The van der Waals surface area contributed by atoms with Crippen LogP contribution in [0.2, 0.25) is 0 Å². The Bertz CT molecular complexity index is 1430. The van der Waals surface area contributed by atoms with E-state index in [4.69, 9.17) is 28.4 Å². The summed E-state index contributed by atoms with van der Waals surface area (Å²) in [6.45, 7) is 8.08. The number of aliphatic hydroxyl groups is 1. The van der Waals surface area contributed by atoms with E-state index in [0.717, 1.165) is 12.4 Å². The minimum Gasteiger partial charge on any atom is -0.492 e. The number of esters is 1. The van der Waals surface area contributed by atoms with Gasteiger partial charge < -0.3 is 52.4 Å². The Labute approximate surface area is 276 Å². The molecular formula is C32H43B2N3O10. The summed E-state index contributed by atoms with van der Waals surface area (Å²) in [5, 5.41) is 10.9. The van der Waals surface area contributed by atoms with Gasteiger partial charge in [0.05, 0.1) is 18.9 Å². The Morgan fingerprint density at radius 2 is 1.98 bits per heavy atom. The van der Waals surface area contributed by atoms with Gasteiger partial charge in [0.15, 0.2) is 12.6 Å². The zero-order chi connectivity index (χ0) is 34.0. The molecule has 2 aliphatic rings. The summed E-state index contributed by atoms with van der Waals surface area (Å²) in [4.78, 5) is 42.2. The first-order valence-electron chi connectivity index (χ1n) is 15.7. The quantitative estimate of drug-likeness (QED) is 0.111. The number of hydrogen-bond donors (Lipinski definition) is 1. The molecule has 15 heteroatoms. The molecule has 1 saturated heterocycles. The lowest BCUT2D eigenvalue weighted by molar-refractivity contribution is -0.152. The standard InChI is InChI=1S/C32H43B2N3O10/c1-21-9-10-25(40)30-26(46-32(3,4)47-30)8-6-7-23-15-24(16-27(44-20-42-5)29(23)31(41)45-22(21)2)43-14-13-36(33-18-38)17-28-35-11-12-37(28)34-19-39/h6-7,9-12,15-16,18-19,21-22,25-26,30,33-34,40H,8,13-14,17,20H2,1-5H3/b7-6+,10-9-/t21-,22+,25?,26?,30?/m1/s1. The molecule has 3 heterocycles. The van der Waals surface area contributed by atoms with Crippen molar-refractivity contribution in [3.05, 3.63) is 59.7 Å². The van der Waals surface area contributed by atoms with Crippen molar-refractivity contribution >= 4 is 39.2 Å². The predicted molar refractivity (Wildman–Crippen MR) is 177 cm³/mol. The van der Waals surface area contributed by atoms with Gasteiger partial charge in [0.2, 0.25) is 0 Å². The van der Waals surface area contributed by atoms with Crippen molar-refractivity contribution in [2.24, 2.45) is 5.92 Å². The number of aliphatic hydroxyl groups excluding tert-OH is 1. The molecule has 0 bridgehead atoms. The highest BCUT2D eigenvalue weighted by Crippen LogP contribution is 2.35. The minimum atomic E-state index is -0.923. The van der Waals surface area contributed by atoms with Gasteiger partial charge >= 0.3 is 13.4 Å². The lowest BCUT2D eigenvalue weighted by Crippen LogP contribution is -2.34. The lowest BCUT2D eigenvalue weighted by atomic mass is 9.94. The number of rotatable bonds is 13. The van der Waals surface area contributed by atoms with E-state index in [9.17, 15) is 19.5 Å². The minimum absolute atomic E-state index is 0.121. The number of fused-ring (bicyclic) bond motifs is 2. The maximum Gasteiger partial charge on any atom is 0.342 e. The molecule has 1 N–H and O–H groups in total. The molecule has 252 valence electrons. The van der Waals surface area contributed by atoms with Crippen molar-refractivity contribution < 1.29 is 47.9 Å². The van der Waals surface area contributed by atoms with Gasteiger partial charge in [0.25, 0.3) is 7.41 Å². The van der Waals surface area contributed by atoms with Gasteiger partial charge in [-0.05, 0) is 38.8 Å². The smallest absolute Gasteiger partial charge is 0.342 e. The van der Waals surface area contributed by atoms with E-state index in [1.165, 1.54) is 7.11 Å². The first-order valence-corrected chi connectivity index (χ1v) is 15.7. The number of nitrogens with zero attached hydrogens (tertiary/aromatic N) is 3. The Morgan fingerprint density at radius 1 is 1.17 bits per heavy atom. The van der Waals surface area contributed by atoms with Crippen LogP contribution in [0.25, 0.3) is 6.08 Å². The van der Waals surface area contributed by atoms with E-state index in [1.807, 2.05) is 17.8 Å². The van der Waals surface area contributed by atoms with Crippen LogP contribution in [0.1, 0.15) is 55.9 Å². The molecule has 0 saturated carbocycles. The SMILES string of the molecule is COCOc1cc(OCCN(BC=O)Cc2nccn2BC=O)cc2c1C(=O)O[C@@H](C)[C@H](C)/C=C\C(O)C1OC(C)(C)OC1C/C=C/2. The average molecular weight is 651 g/mol. The van der Waals surface area contributed by atoms with Crippen molar-refractivity contribution in [1.82, 2.24) is 14.3 Å². The predicted octanol–water partition coefficient (Wildman–Crippen LogP) is 1.71. The van der Waals surface area contributed by atoms with Crippen molar-refractivity contribution in [3.8, 4) is 11.5 Å². The number of cyclic esters (lactones) is 1. The first kappa shape index (κ1) is 36.1. The van der Waals surface area contributed by atoms with Crippen LogP contribution in [0.15, 0.2) is 42.8 Å². The van der Waals surface area contributed by atoms with Crippen LogP contribution in [-0.4, -0.2) is 110 Å². The molecule has 1 aromatic carbocycles. The van der Waals surface area contributed by atoms with Crippen LogP contribution >= 0.6 is 0 Å². The number of carbonyl (C=O) groups excluding carboxylic acids is 3. The van der Waals surface area contributed by atoms with Crippen LogP contribution in [0.4, 0.5) is 0 Å². The Kier molecular flexibility index (Phi) is 13.0. The highest BCUT2D eigenvalue weighted by molar-refractivity contribution is 6.65. The Hall–Kier alpha value is -3.75. The second kappa shape index (κ2) is 16.9. The molecule has 47 heavy (non-hydrogen) atoms.